The minimum absolute atomic E-state index is 0.0173. The molecule has 2 atom stereocenters. The van der Waals surface area contributed by atoms with E-state index in [0.29, 0.717) is 13.0 Å². The average molecular weight is 302 g/mol. The lowest BCUT2D eigenvalue weighted by atomic mass is 10.2. The number of nitrogens with one attached hydrogen (secondary N) is 1. The standard InChI is InChI=1S/C16H22N4O2/c1-19-5-7-20(8-6-19)16(22)14-9-13(14)15(21)18-11-12-3-2-4-17-10-12/h2-4,10,13-14H,5-9,11H2,1H3,(H,18,21). The van der Waals surface area contributed by atoms with Crippen molar-refractivity contribution in [3.05, 3.63) is 30.1 Å². The van der Waals surface area contributed by atoms with Gasteiger partial charge in [0.15, 0.2) is 0 Å². The van der Waals surface area contributed by atoms with Gasteiger partial charge in [0.05, 0.1) is 11.8 Å². The van der Waals surface area contributed by atoms with Crippen molar-refractivity contribution in [2.45, 2.75) is 13.0 Å². The van der Waals surface area contributed by atoms with Crippen LogP contribution in [0.1, 0.15) is 12.0 Å². The molecule has 22 heavy (non-hydrogen) atoms. The average Bonchev–Trinajstić information content (AvgIpc) is 3.34. The van der Waals surface area contributed by atoms with Crippen LogP contribution >= 0.6 is 0 Å². The smallest absolute Gasteiger partial charge is 0.226 e. The lowest BCUT2D eigenvalue weighted by Gasteiger charge is -2.32. The SMILES string of the molecule is CN1CCN(C(=O)C2CC2C(=O)NCc2cccnc2)CC1. The molecule has 2 aliphatic rings. The molecule has 0 bridgehead atoms. The molecule has 1 saturated heterocycles. The molecule has 1 aliphatic heterocycles. The zero-order chi connectivity index (χ0) is 15.5. The minimum atomic E-state index is -0.149. The Morgan fingerprint density at radius 1 is 1.27 bits per heavy atom. The van der Waals surface area contributed by atoms with Gasteiger partial charge in [0.25, 0.3) is 0 Å². The van der Waals surface area contributed by atoms with Crippen LogP contribution in [-0.2, 0) is 16.1 Å². The Morgan fingerprint density at radius 2 is 2.05 bits per heavy atom. The first-order chi connectivity index (χ1) is 10.6. The van der Waals surface area contributed by atoms with E-state index in [1.54, 1.807) is 12.4 Å². The van der Waals surface area contributed by atoms with Gasteiger partial charge in [-0.25, -0.2) is 0 Å². The predicted octanol–water partition coefficient (Wildman–Crippen LogP) is 0.108. The molecule has 6 nitrogen and oxygen atoms in total. The predicted molar refractivity (Wildman–Crippen MR) is 81.8 cm³/mol. The van der Waals surface area contributed by atoms with Gasteiger partial charge in [-0.15, -0.1) is 0 Å². The van der Waals surface area contributed by atoms with E-state index in [4.69, 9.17) is 0 Å². The Bertz CT molecular complexity index is 540. The lowest BCUT2D eigenvalue weighted by Crippen LogP contribution is -2.48. The molecule has 0 aromatic carbocycles. The Hall–Kier alpha value is -1.95. The van der Waals surface area contributed by atoms with Gasteiger partial charge in [-0.1, -0.05) is 6.07 Å². The number of hydrogen-bond donors (Lipinski definition) is 1. The normalized spacial score (nSPS) is 24.9. The quantitative estimate of drug-likeness (QED) is 0.857. The van der Waals surface area contributed by atoms with E-state index >= 15 is 0 Å². The fourth-order valence-corrected chi connectivity index (χ4v) is 2.84. The molecule has 118 valence electrons. The molecular weight excluding hydrogens is 280 g/mol. The zero-order valence-electron chi connectivity index (χ0n) is 12.9. The monoisotopic (exact) mass is 302 g/mol. The summed E-state index contributed by atoms with van der Waals surface area (Å²) in [6.07, 6.45) is 4.13. The van der Waals surface area contributed by atoms with Crippen LogP contribution in [0.25, 0.3) is 0 Å². The first-order valence-corrected chi connectivity index (χ1v) is 7.79. The summed E-state index contributed by atoms with van der Waals surface area (Å²) in [5.41, 5.74) is 0.971. The van der Waals surface area contributed by atoms with Crippen molar-refractivity contribution in [1.82, 2.24) is 20.1 Å². The summed E-state index contributed by atoms with van der Waals surface area (Å²) < 4.78 is 0. The lowest BCUT2D eigenvalue weighted by molar-refractivity contribution is -0.136. The third-order valence-electron chi connectivity index (χ3n) is 4.45. The molecule has 1 N–H and O–H groups in total. The third-order valence-corrected chi connectivity index (χ3v) is 4.45. The highest BCUT2D eigenvalue weighted by Gasteiger charge is 2.49. The number of hydrogen-bond acceptors (Lipinski definition) is 4. The van der Waals surface area contributed by atoms with Gasteiger partial charge in [-0.3, -0.25) is 14.6 Å². The van der Waals surface area contributed by atoms with Gasteiger partial charge in [0.1, 0.15) is 0 Å². The van der Waals surface area contributed by atoms with E-state index in [1.165, 1.54) is 0 Å². The number of pyridine rings is 1. The van der Waals surface area contributed by atoms with Gasteiger partial charge in [-0.2, -0.15) is 0 Å². The molecule has 2 fully saturated rings. The Balaban J connectivity index is 1.45. The molecule has 6 heteroatoms. The number of likely N-dealkylation sites (N-methyl/N-ethyl adjacent to an activating group) is 1. The number of piperazine rings is 1. The molecule has 3 rings (SSSR count). The topological polar surface area (TPSA) is 65.5 Å². The molecular formula is C16H22N4O2. The molecule has 1 aromatic rings. The first kappa shape index (κ1) is 15.0. The second-order valence-electron chi connectivity index (χ2n) is 6.16. The summed E-state index contributed by atoms with van der Waals surface area (Å²) >= 11 is 0. The van der Waals surface area contributed by atoms with Crippen molar-refractivity contribution >= 4 is 11.8 Å². The number of rotatable bonds is 4. The largest absolute Gasteiger partial charge is 0.352 e. The highest BCUT2D eigenvalue weighted by Crippen LogP contribution is 2.40. The van der Waals surface area contributed by atoms with Crippen LogP contribution in [0.15, 0.2) is 24.5 Å². The van der Waals surface area contributed by atoms with E-state index in [2.05, 4.69) is 22.2 Å². The van der Waals surface area contributed by atoms with Crippen molar-refractivity contribution < 1.29 is 9.59 Å². The summed E-state index contributed by atoms with van der Waals surface area (Å²) in [6.45, 7) is 3.84. The van der Waals surface area contributed by atoms with E-state index in [1.807, 2.05) is 17.0 Å². The molecule has 0 radical (unpaired) electrons. The summed E-state index contributed by atoms with van der Waals surface area (Å²) in [4.78, 5) is 32.6. The number of aromatic nitrogens is 1. The van der Waals surface area contributed by atoms with Crippen LogP contribution in [0.2, 0.25) is 0 Å². The molecule has 2 heterocycles. The van der Waals surface area contributed by atoms with Crippen molar-refractivity contribution in [2.75, 3.05) is 33.2 Å². The molecule has 2 amide bonds. The van der Waals surface area contributed by atoms with Crippen molar-refractivity contribution in [3.63, 3.8) is 0 Å². The van der Waals surface area contributed by atoms with Crippen LogP contribution in [0.3, 0.4) is 0 Å². The fourth-order valence-electron chi connectivity index (χ4n) is 2.84. The number of nitrogens with zero attached hydrogens (tertiary/aromatic N) is 3. The van der Waals surface area contributed by atoms with Gasteiger partial charge in [-0.05, 0) is 25.1 Å². The van der Waals surface area contributed by atoms with Gasteiger partial charge >= 0.3 is 0 Å². The summed E-state index contributed by atoms with van der Waals surface area (Å²) in [6, 6.07) is 3.77. The van der Waals surface area contributed by atoms with E-state index < -0.39 is 0 Å². The molecule has 1 aliphatic carbocycles. The van der Waals surface area contributed by atoms with E-state index in [-0.39, 0.29) is 23.7 Å². The van der Waals surface area contributed by atoms with Crippen molar-refractivity contribution in [1.29, 1.82) is 0 Å². The highest BCUT2D eigenvalue weighted by atomic mass is 16.2. The fraction of sp³-hybridized carbons (Fsp3) is 0.562. The van der Waals surface area contributed by atoms with E-state index in [9.17, 15) is 9.59 Å². The zero-order valence-corrected chi connectivity index (χ0v) is 12.9. The molecule has 1 saturated carbocycles. The second kappa shape index (κ2) is 6.44. The Labute approximate surface area is 130 Å². The van der Waals surface area contributed by atoms with Crippen molar-refractivity contribution in [3.8, 4) is 0 Å². The number of carbonyl (C=O) groups is 2. The molecule has 2 unspecified atom stereocenters. The maximum absolute atomic E-state index is 12.4. The number of amides is 2. The van der Waals surface area contributed by atoms with E-state index in [0.717, 1.165) is 31.7 Å². The first-order valence-electron chi connectivity index (χ1n) is 7.79. The Kier molecular flexibility index (Phi) is 4.38. The third kappa shape index (κ3) is 3.44. The highest BCUT2D eigenvalue weighted by molar-refractivity contribution is 5.92. The van der Waals surface area contributed by atoms with Crippen LogP contribution in [0.5, 0.6) is 0 Å². The Morgan fingerprint density at radius 3 is 2.73 bits per heavy atom. The van der Waals surface area contributed by atoms with Crippen LogP contribution in [0, 0.1) is 11.8 Å². The van der Waals surface area contributed by atoms with Gasteiger partial charge in [0.2, 0.25) is 11.8 Å². The second-order valence-corrected chi connectivity index (χ2v) is 6.16. The summed E-state index contributed by atoms with van der Waals surface area (Å²) in [7, 11) is 2.06. The maximum Gasteiger partial charge on any atom is 0.226 e. The maximum atomic E-state index is 12.4. The van der Waals surface area contributed by atoms with Crippen LogP contribution in [0.4, 0.5) is 0 Å². The summed E-state index contributed by atoms with van der Waals surface area (Å²) in [5, 5.41) is 2.90. The minimum Gasteiger partial charge on any atom is -0.352 e. The van der Waals surface area contributed by atoms with Gasteiger partial charge in [0, 0.05) is 45.1 Å². The molecule has 1 aromatic heterocycles. The molecule has 0 spiro atoms. The van der Waals surface area contributed by atoms with Crippen LogP contribution < -0.4 is 5.32 Å². The van der Waals surface area contributed by atoms with Crippen LogP contribution in [-0.4, -0.2) is 59.8 Å². The van der Waals surface area contributed by atoms with Crippen molar-refractivity contribution in [2.24, 2.45) is 11.8 Å². The number of carbonyl (C=O) groups excluding carboxylic acids is 2. The van der Waals surface area contributed by atoms with Gasteiger partial charge < -0.3 is 15.1 Å². The summed E-state index contributed by atoms with van der Waals surface area (Å²) in [5.74, 6) is -0.132.